The van der Waals surface area contributed by atoms with E-state index in [1.807, 2.05) is 0 Å². The van der Waals surface area contributed by atoms with Crippen LogP contribution in [0.5, 0.6) is 0 Å². The summed E-state index contributed by atoms with van der Waals surface area (Å²) >= 11 is 0. The van der Waals surface area contributed by atoms with Gasteiger partial charge in [0.1, 0.15) is 0 Å². The number of aliphatic hydroxyl groups is 1. The quantitative estimate of drug-likeness (QED) is 0.857. The minimum Gasteiger partial charge on any atom is -0.389 e. The molecule has 1 aromatic rings. The molecule has 0 unspecified atom stereocenters. The van der Waals surface area contributed by atoms with Crippen molar-refractivity contribution in [2.45, 2.75) is 71.9 Å². The van der Waals surface area contributed by atoms with Gasteiger partial charge in [-0.1, -0.05) is 25.5 Å². The van der Waals surface area contributed by atoms with Gasteiger partial charge >= 0.3 is 0 Å². The van der Waals surface area contributed by atoms with Crippen LogP contribution in [0.4, 0.5) is 0 Å². The van der Waals surface area contributed by atoms with Gasteiger partial charge in [-0.05, 0) is 74.6 Å². The van der Waals surface area contributed by atoms with Gasteiger partial charge in [0.15, 0.2) is 0 Å². The van der Waals surface area contributed by atoms with Crippen molar-refractivity contribution in [3.05, 3.63) is 34.4 Å². The molecule has 0 spiro atoms. The van der Waals surface area contributed by atoms with Gasteiger partial charge < -0.3 is 10.4 Å². The maximum absolute atomic E-state index is 10.7. The standard InChI is InChI=1S/C19H31NO/c1-5-17-6-8-19(21,9-7-17)13-20-12-18-11-15(3)14(2)10-16(18)4/h10-11,17,20-21H,5-9,12-13H2,1-4H3. The predicted molar refractivity (Wildman–Crippen MR) is 89.6 cm³/mol. The molecule has 21 heavy (non-hydrogen) atoms. The summed E-state index contributed by atoms with van der Waals surface area (Å²) in [5, 5.41) is 14.2. The maximum Gasteiger partial charge on any atom is 0.0771 e. The van der Waals surface area contributed by atoms with Gasteiger partial charge in [-0.25, -0.2) is 0 Å². The number of hydrogen-bond donors (Lipinski definition) is 2. The minimum absolute atomic E-state index is 0.487. The fraction of sp³-hybridized carbons (Fsp3) is 0.684. The molecule has 0 atom stereocenters. The largest absolute Gasteiger partial charge is 0.389 e. The molecule has 1 aromatic carbocycles. The predicted octanol–water partition coefficient (Wildman–Crippen LogP) is 4.03. The second-order valence-corrected chi connectivity index (χ2v) is 7.04. The molecule has 1 aliphatic carbocycles. The molecule has 1 aliphatic rings. The van der Waals surface area contributed by atoms with Crippen molar-refractivity contribution >= 4 is 0 Å². The van der Waals surface area contributed by atoms with Gasteiger partial charge in [0.2, 0.25) is 0 Å². The van der Waals surface area contributed by atoms with E-state index in [0.29, 0.717) is 0 Å². The van der Waals surface area contributed by atoms with Crippen LogP contribution in [-0.4, -0.2) is 17.3 Å². The third-order valence-electron chi connectivity index (χ3n) is 5.34. The van der Waals surface area contributed by atoms with Crippen molar-refractivity contribution in [1.82, 2.24) is 5.32 Å². The molecule has 0 aromatic heterocycles. The van der Waals surface area contributed by atoms with Gasteiger partial charge in [0.25, 0.3) is 0 Å². The van der Waals surface area contributed by atoms with Gasteiger partial charge in [0.05, 0.1) is 5.60 Å². The van der Waals surface area contributed by atoms with E-state index in [-0.39, 0.29) is 0 Å². The van der Waals surface area contributed by atoms with Crippen molar-refractivity contribution in [2.75, 3.05) is 6.54 Å². The smallest absolute Gasteiger partial charge is 0.0771 e. The van der Waals surface area contributed by atoms with Crippen LogP contribution < -0.4 is 5.32 Å². The van der Waals surface area contributed by atoms with Crippen LogP contribution in [0.15, 0.2) is 12.1 Å². The Morgan fingerprint density at radius 2 is 1.71 bits per heavy atom. The monoisotopic (exact) mass is 289 g/mol. The number of nitrogens with one attached hydrogen (secondary N) is 1. The normalized spacial score (nSPS) is 26.0. The Hall–Kier alpha value is -0.860. The third-order valence-corrected chi connectivity index (χ3v) is 5.34. The zero-order chi connectivity index (χ0) is 15.5. The van der Waals surface area contributed by atoms with Crippen LogP contribution in [0.2, 0.25) is 0 Å². The second-order valence-electron chi connectivity index (χ2n) is 7.04. The molecule has 0 saturated heterocycles. The lowest BCUT2D eigenvalue weighted by molar-refractivity contribution is -0.00882. The van der Waals surface area contributed by atoms with Gasteiger partial charge in [-0.3, -0.25) is 0 Å². The lowest BCUT2D eigenvalue weighted by atomic mass is 9.78. The molecule has 0 radical (unpaired) electrons. The number of hydrogen-bond acceptors (Lipinski definition) is 2. The molecule has 1 fully saturated rings. The van der Waals surface area contributed by atoms with E-state index >= 15 is 0 Å². The molecule has 0 amide bonds. The van der Waals surface area contributed by atoms with E-state index in [0.717, 1.165) is 31.8 Å². The first kappa shape index (κ1) is 16.5. The Labute approximate surface area is 130 Å². The molecule has 2 heteroatoms. The van der Waals surface area contributed by atoms with Crippen LogP contribution >= 0.6 is 0 Å². The van der Waals surface area contributed by atoms with Crippen molar-refractivity contribution in [3.63, 3.8) is 0 Å². The Morgan fingerprint density at radius 1 is 1.10 bits per heavy atom. The van der Waals surface area contributed by atoms with E-state index in [4.69, 9.17) is 0 Å². The average Bonchev–Trinajstić information content (AvgIpc) is 2.45. The molecule has 118 valence electrons. The molecule has 0 bridgehead atoms. The molecule has 2 nitrogen and oxygen atoms in total. The summed E-state index contributed by atoms with van der Waals surface area (Å²) in [7, 11) is 0. The Bertz CT molecular complexity index is 473. The zero-order valence-corrected chi connectivity index (χ0v) is 14.1. The molecular weight excluding hydrogens is 258 g/mol. The molecular formula is C19H31NO. The van der Waals surface area contributed by atoms with E-state index in [9.17, 15) is 5.11 Å². The van der Waals surface area contributed by atoms with Crippen LogP contribution in [-0.2, 0) is 6.54 Å². The highest BCUT2D eigenvalue weighted by atomic mass is 16.3. The first-order valence-electron chi connectivity index (χ1n) is 8.43. The molecule has 0 heterocycles. The van der Waals surface area contributed by atoms with Crippen molar-refractivity contribution in [2.24, 2.45) is 5.92 Å². The minimum atomic E-state index is -0.487. The zero-order valence-electron chi connectivity index (χ0n) is 14.1. The summed E-state index contributed by atoms with van der Waals surface area (Å²) in [6, 6.07) is 4.53. The lowest BCUT2D eigenvalue weighted by Crippen LogP contribution is -2.43. The number of aryl methyl sites for hydroxylation is 3. The SMILES string of the molecule is CCC1CCC(O)(CNCc2cc(C)c(C)cc2C)CC1. The first-order valence-corrected chi connectivity index (χ1v) is 8.43. The summed E-state index contributed by atoms with van der Waals surface area (Å²) in [5.74, 6) is 0.826. The summed E-state index contributed by atoms with van der Waals surface area (Å²) in [6.07, 6.45) is 5.51. The fourth-order valence-corrected chi connectivity index (χ4v) is 3.44. The van der Waals surface area contributed by atoms with Crippen molar-refractivity contribution < 1.29 is 5.11 Å². The fourth-order valence-electron chi connectivity index (χ4n) is 3.44. The van der Waals surface area contributed by atoms with E-state index < -0.39 is 5.60 Å². The maximum atomic E-state index is 10.7. The third kappa shape index (κ3) is 4.31. The van der Waals surface area contributed by atoms with E-state index in [2.05, 4.69) is 45.1 Å². The number of benzene rings is 1. The Balaban J connectivity index is 1.86. The highest BCUT2D eigenvalue weighted by Gasteiger charge is 2.32. The average molecular weight is 289 g/mol. The summed E-state index contributed by atoms with van der Waals surface area (Å²) in [5.41, 5.74) is 4.91. The van der Waals surface area contributed by atoms with Crippen LogP contribution in [0, 0.1) is 26.7 Å². The summed E-state index contributed by atoms with van der Waals surface area (Å²) in [6.45, 7) is 10.3. The summed E-state index contributed by atoms with van der Waals surface area (Å²) in [4.78, 5) is 0. The topological polar surface area (TPSA) is 32.3 Å². The Morgan fingerprint density at radius 3 is 2.33 bits per heavy atom. The highest BCUT2D eigenvalue weighted by Crippen LogP contribution is 2.33. The summed E-state index contributed by atoms with van der Waals surface area (Å²) < 4.78 is 0. The number of rotatable bonds is 5. The van der Waals surface area contributed by atoms with Crippen LogP contribution in [0.1, 0.15) is 61.3 Å². The highest BCUT2D eigenvalue weighted by molar-refractivity contribution is 5.36. The molecule has 2 N–H and O–H groups in total. The Kier molecular flexibility index (Phi) is 5.45. The van der Waals surface area contributed by atoms with Crippen LogP contribution in [0.3, 0.4) is 0 Å². The van der Waals surface area contributed by atoms with Crippen molar-refractivity contribution in [1.29, 1.82) is 0 Å². The van der Waals surface area contributed by atoms with Crippen LogP contribution in [0.25, 0.3) is 0 Å². The van der Waals surface area contributed by atoms with Gasteiger partial charge in [-0.15, -0.1) is 0 Å². The van der Waals surface area contributed by atoms with E-state index in [1.165, 1.54) is 41.5 Å². The second kappa shape index (κ2) is 6.93. The lowest BCUT2D eigenvalue weighted by Gasteiger charge is -2.36. The first-order chi connectivity index (χ1) is 9.93. The van der Waals surface area contributed by atoms with Crippen molar-refractivity contribution in [3.8, 4) is 0 Å². The van der Waals surface area contributed by atoms with Gasteiger partial charge in [0, 0.05) is 13.1 Å². The van der Waals surface area contributed by atoms with Gasteiger partial charge in [-0.2, -0.15) is 0 Å². The molecule has 1 saturated carbocycles. The van der Waals surface area contributed by atoms with E-state index in [1.54, 1.807) is 0 Å². The molecule has 2 rings (SSSR count). The molecule has 0 aliphatic heterocycles.